The summed E-state index contributed by atoms with van der Waals surface area (Å²) in [5.41, 5.74) is 6.08. The van der Waals surface area contributed by atoms with Crippen molar-refractivity contribution in [3.8, 4) is 0 Å². The van der Waals surface area contributed by atoms with Crippen molar-refractivity contribution in [1.29, 1.82) is 0 Å². The van der Waals surface area contributed by atoms with Gasteiger partial charge in [-0.05, 0) is 19.3 Å². The third-order valence-corrected chi connectivity index (χ3v) is 4.94. The number of aliphatic hydroxyl groups is 3. The van der Waals surface area contributed by atoms with Crippen LogP contribution in [0.4, 0.5) is 4.79 Å². The van der Waals surface area contributed by atoms with Crippen molar-refractivity contribution in [1.82, 2.24) is 26.4 Å². The highest BCUT2D eigenvalue weighted by Gasteiger charge is 2.59. The number of nitrogens with zero attached hydrogens (tertiary/aromatic N) is 2. The van der Waals surface area contributed by atoms with Crippen molar-refractivity contribution < 1.29 is 20.1 Å². The molecular weight excluding hydrogens is 298 g/mol. The van der Waals surface area contributed by atoms with E-state index in [1.54, 1.807) is 5.12 Å². The first-order valence-corrected chi connectivity index (χ1v) is 7.61. The predicted octanol–water partition coefficient (Wildman–Crippen LogP) is -2.49. The SMILES string of the molecule is O=C1NC(O)C2C3C(CC[C@H](S)[C@H](O)CCO)NN2NN13. The zero-order valence-corrected chi connectivity index (χ0v) is 12.3. The number of aliphatic hydroxyl groups excluding tert-OH is 3. The maximum atomic E-state index is 11.8. The lowest BCUT2D eigenvalue weighted by molar-refractivity contribution is 0.0234. The molecule has 3 heterocycles. The van der Waals surface area contributed by atoms with E-state index in [1.165, 1.54) is 5.01 Å². The van der Waals surface area contributed by atoms with Gasteiger partial charge in [-0.25, -0.2) is 15.2 Å². The third kappa shape index (κ3) is 2.61. The number of nitrogens with one attached hydrogen (secondary N) is 3. The Bertz CT molecular complexity index is 416. The molecule has 3 saturated heterocycles. The molecule has 3 rings (SSSR count). The van der Waals surface area contributed by atoms with Crippen molar-refractivity contribution >= 4 is 18.7 Å². The second-order valence-electron chi connectivity index (χ2n) is 5.68. The average Bonchev–Trinajstić information content (AvgIpc) is 2.96. The van der Waals surface area contributed by atoms with Crippen LogP contribution in [0.1, 0.15) is 19.3 Å². The summed E-state index contributed by atoms with van der Waals surface area (Å²) < 4.78 is 0. The fourth-order valence-corrected chi connectivity index (χ4v) is 3.53. The Labute approximate surface area is 127 Å². The molecule has 21 heavy (non-hydrogen) atoms. The van der Waals surface area contributed by atoms with Gasteiger partial charge >= 0.3 is 6.03 Å². The number of thiol groups is 1. The number of hydrogen-bond donors (Lipinski definition) is 7. The Hall–Kier alpha value is -0.620. The van der Waals surface area contributed by atoms with E-state index < -0.39 is 12.3 Å². The number of rotatable bonds is 6. The van der Waals surface area contributed by atoms with E-state index in [1.807, 2.05) is 0 Å². The van der Waals surface area contributed by atoms with Crippen LogP contribution in [-0.4, -0.2) is 73.8 Å². The summed E-state index contributed by atoms with van der Waals surface area (Å²) in [4.78, 5) is 11.8. The van der Waals surface area contributed by atoms with Gasteiger partial charge in [-0.3, -0.25) is 0 Å². The summed E-state index contributed by atoms with van der Waals surface area (Å²) >= 11 is 4.36. The van der Waals surface area contributed by atoms with Crippen LogP contribution >= 0.6 is 12.6 Å². The maximum absolute atomic E-state index is 11.8. The summed E-state index contributed by atoms with van der Waals surface area (Å²) in [5, 5.41) is 33.9. The van der Waals surface area contributed by atoms with Crippen LogP contribution in [0.2, 0.25) is 0 Å². The normalized spacial score (nSPS) is 40.3. The molecule has 0 radical (unpaired) electrons. The lowest BCUT2D eigenvalue weighted by Crippen LogP contribution is -2.65. The Morgan fingerprint density at radius 2 is 2.10 bits per heavy atom. The molecule has 120 valence electrons. The van der Waals surface area contributed by atoms with E-state index in [-0.39, 0.29) is 36.0 Å². The van der Waals surface area contributed by atoms with Crippen molar-refractivity contribution in [3.05, 3.63) is 0 Å². The van der Waals surface area contributed by atoms with Crippen LogP contribution < -0.4 is 16.3 Å². The maximum Gasteiger partial charge on any atom is 0.335 e. The molecule has 10 heteroatoms. The average molecular weight is 319 g/mol. The van der Waals surface area contributed by atoms with Gasteiger partial charge in [0.1, 0.15) is 12.3 Å². The Balaban J connectivity index is 1.58. The standard InChI is InChI=1S/C11H21N5O4S/c17-4-3-6(18)7(21)2-1-5-8-9-10(19)12-11(20)15(8)14-16(9)13-5/h5-10,13-14,17-19,21H,1-4H2,(H,12,20)/t5?,6-,7+,8?,9?,10?/m1/s1. The highest BCUT2D eigenvalue weighted by molar-refractivity contribution is 7.81. The van der Waals surface area contributed by atoms with E-state index in [0.29, 0.717) is 19.3 Å². The molecule has 9 nitrogen and oxygen atoms in total. The van der Waals surface area contributed by atoms with Gasteiger partial charge in [0.2, 0.25) is 0 Å². The summed E-state index contributed by atoms with van der Waals surface area (Å²) in [6.45, 7) is -0.0670. The van der Waals surface area contributed by atoms with Gasteiger partial charge < -0.3 is 20.6 Å². The highest BCUT2D eigenvalue weighted by atomic mass is 32.1. The van der Waals surface area contributed by atoms with Gasteiger partial charge in [0.25, 0.3) is 0 Å². The molecule has 0 saturated carbocycles. The number of urea groups is 1. The van der Waals surface area contributed by atoms with Crippen molar-refractivity contribution in [2.45, 2.75) is 55.0 Å². The largest absolute Gasteiger partial charge is 0.396 e. The van der Waals surface area contributed by atoms with E-state index in [2.05, 4.69) is 28.9 Å². The molecule has 6 N–H and O–H groups in total. The van der Waals surface area contributed by atoms with Crippen molar-refractivity contribution in [2.75, 3.05) is 6.61 Å². The van der Waals surface area contributed by atoms with Gasteiger partial charge in [0.05, 0.1) is 12.1 Å². The lowest BCUT2D eigenvalue weighted by atomic mass is 9.95. The number of carbonyl (C=O) groups excluding carboxylic acids is 1. The minimum Gasteiger partial charge on any atom is -0.396 e. The fraction of sp³-hybridized carbons (Fsp3) is 0.909. The molecule has 0 aromatic carbocycles. The summed E-state index contributed by atoms with van der Waals surface area (Å²) in [6.07, 6.45) is 0.0816. The molecule has 3 aliphatic rings. The molecule has 3 fully saturated rings. The first-order chi connectivity index (χ1) is 10.0. The van der Waals surface area contributed by atoms with Gasteiger partial charge in [-0.1, -0.05) is 0 Å². The van der Waals surface area contributed by atoms with Crippen LogP contribution in [0.5, 0.6) is 0 Å². The van der Waals surface area contributed by atoms with E-state index in [4.69, 9.17) is 5.11 Å². The summed E-state index contributed by atoms with van der Waals surface area (Å²) in [7, 11) is 0. The first-order valence-electron chi connectivity index (χ1n) is 7.09. The second kappa shape index (κ2) is 5.88. The summed E-state index contributed by atoms with van der Waals surface area (Å²) in [6, 6.07) is -0.758. The Morgan fingerprint density at radius 3 is 2.81 bits per heavy atom. The Morgan fingerprint density at radius 1 is 1.33 bits per heavy atom. The van der Waals surface area contributed by atoms with Gasteiger partial charge in [-0.2, -0.15) is 17.7 Å². The lowest BCUT2D eigenvalue weighted by Gasteiger charge is -2.36. The highest BCUT2D eigenvalue weighted by Crippen LogP contribution is 2.32. The Kier molecular flexibility index (Phi) is 4.28. The summed E-state index contributed by atoms with van der Waals surface area (Å²) in [5.74, 6) is 0. The molecule has 5 unspecified atom stereocenters. The molecule has 0 aliphatic carbocycles. The predicted molar refractivity (Wildman–Crippen MR) is 75.6 cm³/mol. The monoisotopic (exact) mass is 319 g/mol. The number of amides is 2. The molecule has 7 atom stereocenters. The zero-order valence-electron chi connectivity index (χ0n) is 11.4. The van der Waals surface area contributed by atoms with Gasteiger partial charge in [-0.15, -0.1) is 5.53 Å². The van der Waals surface area contributed by atoms with Gasteiger partial charge in [0.15, 0.2) is 0 Å². The van der Waals surface area contributed by atoms with E-state index >= 15 is 0 Å². The van der Waals surface area contributed by atoms with Crippen molar-refractivity contribution in [2.24, 2.45) is 0 Å². The number of hydrogen-bond acceptors (Lipinski definition) is 8. The van der Waals surface area contributed by atoms with Gasteiger partial charge in [0, 0.05) is 17.9 Å². The van der Waals surface area contributed by atoms with Crippen LogP contribution in [0.15, 0.2) is 0 Å². The molecular formula is C11H21N5O4S. The van der Waals surface area contributed by atoms with E-state index in [9.17, 15) is 15.0 Å². The topological polar surface area (TPSA) is 120 Å². The zero-order chi connectivity index (χ0) is 15.1. The van der Waals surface area contributed by atoms with Crippen LogP contribution in [0.25, 0.3) is 0 Å². The molecule has 4 bridgehead atoms. The van der Waals surface area contributed by atoms with Crippen LogP contribution in [0.3, 0.4) is 0 Å². The van der Waals surface area contributed by atoms with Crippen LogP contribution in [0, 0.1) is 0 Å². The first kappa shape index (κ1) is 15.3. The third-order valence-electron chi connectivity index (χ3n) is 4.33. The number of hydrazine groups is 3. The molecule has 0 spiro atoms. The fourth-order valence-electron chi connectivity index (χ4n) is 3.24. The molecule has 3 aliphatic heterocycles. The second-order valence-corrected chi connectivity index (χ2v) is 6.34. The minimum atomic E-state index is -0.918. The smallest absolute Gasteiger partial charge is 0.335 e. The minimum absolute atomic E-state index is 0.00655. The quantitative estimate of drug-likeness (QED) is 0.271. The van der Waals surface area contributed by atoms with Crippen molar-refractivity contribution in [3.63, 3.8) is 0 Å². The van der Waals surface area contributed by atoms with E-state index in [0.717, 1.165) is 0 Å². The number of carbonyl (C=O) groups is 1. The van der Waals surface area contributed by atoms with Crippen LogP contribution in [-0.2, 0) is 0 Å². The molecule has 2 amide bonds. The molecule has 0 aromatic rings. The molecule has 0 aromatic heterocycles.